The van der Waals surface area contributed by atoms with Gasteiger partial charge in [0.1, 0.15) is 0 Å². The van der Waals surface area contributed by atoms with E-state index in [2.05, 4.69) is 38.1 Å². The van der Waals surface area contributed by atoms with Crippen LogP contribution in [-0.4, -0.2) is 5.91 Å². The summed E-state index contributed by atoms with van der Waals surface area (Å²) in [5.41, 5.74) is 2.91. The number of rotatable bonds is 4. The monoisotopic (exact) mass is 427 g/mol. The Kier molecular flexibility index (Phi) is 5.32. The topological polar surface area (TPSA) is 53.8 Å². The average molecular weight is 427 g/mol. The molecule has 4 nitrogen and oxygen atoms in total. The number of hydrogen-bond donors (Lipinski definition) is 1. The Morgan fingerprint density at radius 1 is 0.750 bits per heavy atom. The van der Waals surface area contributed by atoms with Crippen molar-refractivity contribution in [2.24, 2.45) is 10.2 Å². The van der Waals surface area contributed by atoms with Crippen LogP contribution < -0.4 is 5.32 Å². The fraction of sp³-hybridized carbons (Fsp3) is 0. The maximum absolute atomic E-state index is 12.3. The molecule has 24 heavy (non-hydrogen) atoms. The summed E-state index contributed by atoms with van der Waals surface area (Å²) in [6.07, 6.45) is 0. The Morgan fingerprint density at radius 3 is 2.00 bits per heavy atom. The number of anilines is 1. The van der Waals surface area contributed by atoms with Gasteiger partial charge in [-0.1, -0.05) is 30.3 Å². The number of benzene rings is 3. The molecule has 3 rings (SSSR count). The summed E-state index contributed by atoms with van der Waals surface area (Å²) in [4.78, 5) is 12.3. The lowest BCUT2D eigenvalue weighted by Gasteiger charge is -2.06. The Labute approximate surface area is 153 Å². The molecule has 0 saturated carbocycles. The van der Waals surface area contributed by atoms with E-state index in [0.29, 0.717) is 5.56 Å². The van der Waals surface area contributed by atoms with Crippen molar-refractivity contribution in [1.82, 2.24) is 0 Å². The normalized spacial score (nSPS) is 10.7. The fourth-order valence-electron chi connectivity index (χ4n) is 2.07. The number of carbonyl (C=O) groups is 1. The predicted molar refractivity (Wildman–Crippen MR) is 104 cm³/mol. The maximum atomic E-state index is 12.3. The molecule has 3 aromatic rings. The van der Waals surface area contributed by atoms with Crippen LogP contribution >= 0.6 is 22.6 Å². The van der Waals surface area contributed by atoms with Crippen LogP contribution in [0.4, 0.5) is 17.1 Å². The van der Waals surface area contributed by atoms with E-state index < -0.39 is 0 Å². The number of nitrogens with zero attached hydrogens (tertiary/aromatic N) is 2. The van der Waals surface area contributed by atoms with Gasteiger partial charge in [-0.05, 0) is 71.1 Å². The van der Waals surface area contributed by atoms with Crippen molar-refractivity contribution in [2.45, 2.75) is 0 Å². The molecule has 1 N–H and O–H groups in total. The summed E-state index contributed by atoms with van der Waals surface area (Å²) in [7, 11) is 0. The van der Waals surface area contributed by atoms with Crippen molar-refractivity contribution in [1.29, 1.82) is 0 Å². The molecule has 0 saturated heterocycles. The van der Waals surface area contributed by atoms with Crippen LogP contribution in [0.15, 0.2) is 89.1 Å². The predicted octanol–water partition coefficient (Wildman–Crippen LogP) is 5.96. The molecule has 0 aliphatic carbocycles. The van der Waals surface area contributed by atoms with Gasteiger partial charge >= 0.3 is 0 Å². The van der Waals surface area contributed by atoms with E-state index in [9.17, 15) is 4.79 Å². The molecule has 0 spiro atoms. The lowest BCUT2D eigenvalue weighted by molar-refractivity contribution is 0.102. The molecule has 0 aliphatic heterocycles. The van der Waals surface area contributed by atoms with Gasteiger partial charge in [0.05, 0.1) is 16.9 Å². The van der Waals surface area contributed by atoms with Gasteiger partial charge in [0, 0.05) is 9.26 Å². The molecular weight excluding hydrogens is 413 g/mol. The van der Waals surface area contributed by atoms with E-state index in [1.54, 1.807) is 6.07 Å². The highest BCUT2D eigenvalue weighted by Gasteiger charge is 2.09. The summed E-state index contributed by atoms with van der Waals surface area (Å²) >= 11 is 2.15. The van der Waals surface area contributed by atoms with E-state index >= 15 is 0 Å². The van der Waals surface area contributed by atoms with Crippen LogP contribution in [-0.2, 0) is 0 Å². The number of halogens is 1. The highest BCUT2D eigenvalue weighted by molar-refractivity contribution is 14.1. The van der Waals surface area contributed by atoms with E-state index in [1.807, 2.05) is 72.8 Å². The van der Waals surface area contributed by atoms with Crippen molar-refractivity contribution >= 4 is 45.6 Å². The van der Waals surface area contributed by atoms with E-state index in [1.165, 1.54) is 0 Å². The largest absolute Gasteiger partial charge is 0.322 e. The fourth-order valence-corrected chi connectivity index (χ4v) is 2.70. The molecule has 3 aromatic carbocycles. The van der Waals surface area contributed by atoms with Crippen LogP contribution in [0.1, 0.15) is 10.4 Å². The van der Waals surface area contributed by atoms with Gasteiger partial charge in [-0.15, -0.1) is 0 Å². The van der Waals surface area contributed by atoms with Gasteiger partial charge < -0.3 is 5.32 Å². The van der Waals surface area contributed by atoms with Crippen molar-refractivity contribution in [3.63, 3.8) is 0 Å². The number of nitrogens with one attached hydrogen (secondary N) is 1. The van der Waals surface area contributed by atoms with Gasteiger partial charge in [0.2, 0.25) is 0 Å². The van der Waals surface area contributed by atoms with Crippen LogP contribution in [0, 0.1) is 3.57 Å². The number of carbonyl (C=O) groups excluding carboxylic acids is 1. The first-order valence-electron chi connectivity index (χ1n) is 7.35. The second kappa shape index (κ2) is 7.83. The third-order valence-electron chi connectivity index (χ3n) is 3.28. The number of azo groups is 1. The second-order valence-electron chi connectivity index (χ2n) is 5.02. The summed E-state index contributed by atoms with van der Waals surface area (Å²) < 4.78 is 0.917. The molecular formula is C19H14IN3O. The first kappa shape index (κ1) is 16.3. The van der Waals surface area contributed by atoms with Crippen molar-refractivity contribution < 1.29 is 4.79 Å². The summed E-state index contributed by atoms with van der Waals surface area (Å²) in [6, 6.07) is 24.3. The molecule has 0 heterocycles. The Balaban J connectivity index is 1.68. The summed E-state index contributed by atoms with van der Waals surface area (Å²) in [6.45, 7) is 0. The SMILES string of the molecule is O=C(Nc1ccc(N=Nc2ccccc2)cc1)c1ccccc1I. The number of amides is 1. The third kappa shape index (κ3) is 4.26. The zero-order chi connectivity index (χ0) is 16.8. The quantitative estimate of drug-likeness (QED) is 0.406. The molecule has 0 fully saturated rings. The average Bonchev–Trinajstić information content (AvgIpc) is 2.62. The van der Waals surface area contributed by atoms with Crippen LogP contribution in [0.5, 0.6) is 0 Å². The van der Waals surface area contributed by atoms with E-state index in [0.717, 1.165) is 20.6 Å². The molecule has 1 amide bonds. The van der Waals surface area contributed by atoms with E-state index in [4.69, 9.17) is 0 Å². The van der Waals surface area contributed by atoms with Crippen molar-refractivity contribution in [2.75, 3.05) is 5.32 Å². The number of hydrogen-bond acceptors (Lipinski definition) is 3. The highest BCUT2D eigenvalue weighted by Crippen LogP contribution is 2.21. The molecule has 118 valence electrons. The lowest BCUT2D eigenvalue weighted by Crippen LogP contribution is -2.13. The molecule has 0 aromatic heterocycles. The zero-order valence-electron chi connectivity index (χ0n) is 12.7. The first-order valence-corrected chi connectivity index (χ1v) is 8.43. The third-order valence-corrected chi connectivity index (χ3v) is 4.22. The van der Waals surface area contributed by atoms with E-state index in [-0.39, 0.29) is 5.91 Å². The van der Waals surface area contributed by atoms with Crippen LogP contribution in [0.25, 0.3) is 0 Å². The highest BCUT2D eigenvalue weighted by atomic mass is 127. The standard InChI is InChI=1S/C19H14IN3O/c20-18-9-5-4-8-17(18)19(24)21-14-10-12-16(13-11-14)23-22-15-6-2-1-3-7-15/h1-13H,(H,21,24). The molecule has 0 radical (unpaired) electrons. The van der Waals surface area contributed by atoms with Gasteiger partial charge in [-0.3, -0.25) is 4.79 Å². The second-order valence-corrected chi connectivity index (χ2v) is 6.18. The Bertz CT molecular complexity index is 861. The van der Waals surface area contributed by atoms with Crippen molar-refractivity contribution in [3.8, 4) is 0 Å². The molecule has 5 heteroatoms. The molecule has 0 unspecified atom stereocenters. The smallest absolute Gasteiger partial charge is 0.256 e. The Morgan fingerprint density at radius 2 is 1.33 bits per heavy atom. The Hall–Kier alpha value is -2.54. The summed E-state index contributed by atoms with van der Waals surface area (Å²) in [5.74, 6) is -0.126. The minimum absolute atomic E-state index is 0.126. The van der Waals surface area contributed by atoms with Crippen LogP contribution in [0.3, 0.4) is 0 Å². The van der Waals surface area contributed by atoms with Crippen molar-refractivity contribution in [3.05, 3.63) is 88.0 Å². The van der Waals surface area contributed by atoms with Crippen LogP contribution in [0.2, 0.25) is 0 Å². The molecule has 0 bridgehead atoms. The van der Waals surface area contributed by atoms with Gasteiger partial charge in [0.25, 0.3) is 5.91 Å². The maximum Gasteiger partial charge on any atom is 0.256 e. The zero-order valence-corrected chi connectivity index (χ0v) is 14.8. The van der Waals surface area contributed by atoms with Gasteiger partial charge in [0.15, 0.2) is 0 Å². The summed E-state index contributed by atoms with van der Waals surface area (Å²) in [5, 5.41) is 11.2. The molecule has 0 atom stereocenters. The minimum atomic E-state index is -0.126. The van der Waals surface area contributed by atoms with Gasteiger partial charge in [-0.25, -0.2) is 0 Å². The minimum Gasteiger partial charge on any atom is -0.322 e. The lowest BCUT2D eigenvalue weighted by atomic mass is 10.2. The first-order chi connectivity index (χ1) is 11.7. The molecule has 0 aliphatic rings. The van der Waals surface area contributed by atoms with Gasteiger partial charge in [-0.2, -0.15) is 10.2 Å².